The van der Waals surface area contributed by atoms with Gasteiger partial charge in [-0.1, -0.05) is 6.07 Å². The molecule has 3 saturated heterocycles. The molecule has 2 atom stereocenters. The van der Waals surface area contributed by atoms with Gasteiger partial charge < -0.3 is 14.6 Å². The van der Waals surface area contributed by atoms with Crippen molar-refractivity contribution in [2.24, 2.45) is 17.8 Å². The van der Waals surface area contributed by atoms with E-state index in [-0.39, 0.29) is 24.8 Å². The van der Waals surface area contributed by atoms with Crippen LogP contribution in [0.2, 0.25) is 0 Å². The fourth-order valence-corrected chi connectivity index (χ4v) is 5.44. The lowest BCUT2D eigenvalue weighted by Crippen LogP contribution is -2.61. The number of nitrogens with zero attached hydrogens (tertiary/aromatic N) is 3. The summed E-state index contributed by atoms with van der Waals surface area (Å²) in [5, 5.41) is 10.00. The van der Waals surface area contributed by atoms with Crippen LogP contribution in [0.4, 0.5) is 0 Å². The smallest absolute Gasteiger partial charge is 0.233 e. The number of rotatable bonds is 3. The molecule has 1 saturated carbocycles. The van der Waals surface area contributed by atoms with Gasteiger partial charge in [0, 0.05) is 60.2 Å². The summed E-state index contributed by atoms with van der Waals surface area (Å²) in [7, 11) is 0. The second-order valence-corrected chi connectivity index (χ2v) is 8.20. The number of hydrogen-bond donors (Lipinski definition) is 1. The summed E-state index contributed by atoms with van der Waals surface area (Å²) < 4.78 is 6.33. The number of fused-ring (bicyclic) bond motifs is 1. The first-order chi connectivity index (χ1) is 12.8. The number of piperidine rings is 3. The van der Waals surface area contributed by atoms with E-state index in [4.69, 9.17) is 4.74 Å². The zero-order valence-electron chi connectivity index (χ0n) is 15.5. The van der Waals surface area contributed by atoms with E-state index in [2.05, 4.69) is 44.3 Å². The van der Waals surface area contributed by atoms with Crippen molar-refractivity contribution in [2.75, 3.05) is 19.6 Å². The predicted molar refractivity (Wildman–Crippen MR) is 114 cm³/mol. The van der Waals surface area contributed by atoms with Crippen LogP contribution in [0.5, 0.6) is 5.88 Å². The van der Waals surface area contributed by atoms with E-state index >= 15 is 0 Å². The highest BCUT2D eigenvalue weighted by Gasteiger charge is 2.48. The molecule has 0 spiro atoms. The Morgan fingerprint density at radius 2 is 1.75 bits per heavy atom. The molecule has 1 aliphatic carbocycles. The van der Waals surface area contributed by atoms with Crippen molar-refractivity contribution in [3.63, 3.8) is 0 Å². The third-order valence-electron chi connectivity index (χ3n) is 6.45. The number of ether oxygens (including phenoxy) is 1. The monoisotopic (exact) mass is 418 g/mol. The van der Waals surface area contributed by atoms with Crippen LogP contribution in [0, 0.1) is 17.8 Å². The highest BCUT2D eigenvalue weighted by atomic mass is 35.5. The van der Waals surface area contributed by atoms with Crippen LogP contribution in [-0.2, 0) is 0 Å². The minimum Gasteiger partial charge on any atom is -0.473 e. The Hall–Kier alpha value is -1.82. The van der Waals surface area contributed by atoms with E-state index in [1.165, 1.54) is 37.9 Å². The standard InChI is InChI=1S/C21H22N4O.2ClH/c1-2-18-15(5-6-22-18)9-14(1)19-3-4-20(24-23-19)26-21-16-7-13-8-17(21)12-25(10-13)11-16;;/h1-6,9,13,16-17,21-22H,7-8,10-12H2;2*1H. The summed E-state index contributed by atoms with van der Waals surface area (Å²) in [5.74, 6) is 2.89. The fraction of sp³-hybridized carbons (Fsp3) is 0.429. The Labute approximate surface area is 176 Å². The Morgan fingerprint density at radius 3 is 2.46 bits per heavy atom. The largest absolute Gasteiger partial charge is 0.473 e. The summed E-state index contributed by atoms with van der Waals surface area (Å²) >= 11 is 0. The number of benzene rings is 1. The molecule has 148 valence electrons. The number of aromatic amines is 1. The van der Waals surface area contributed by atoms with Gasteiger partial charge in [-0.25, -0.2) is 0 Å². The summed E-state index contributed by atoms with van der Waals surface area (Å²) in [5.41, 5.74) is 3.11. The Bertz CT molecular complexity index is 930. The molecule has 2 aromatic heterocycles. The van der Waals surface area contributed by atoms with Gasteiger partial charge in [-0.05, 0) is 43.0 Å². The zero-order chi connectivity index (χ0) is 17.1. The number of nitrogens with one attached hydrogen (secondary N) is 1. The Morgan fingerprint density at radius 1 is 0.929 bits per heavy atom. The van der Waals surface area contributed by atoms with Crippen LogP contribution >= 0.6 is 24.8 Å². The van der Waals surface area contributed by atoms with Gasteiger partial charge in [0.05, 0.1) is 5.69 Å². The van der Waals surface area contributed by atoms with Crippen molar-refractivity contribution >= 4 is 35.7 Å². The van der Waals surface area contributed by atoms with Gasteiger partial charge in [-0.3, -0.25) is 0 Å². The van der Waals surface area contributed by atoms with Crippen LogP contribution < -0.4 is 4.74 Å². The van der Waals surface area contributed by atoms with Crippen molar-refractivity contribution in [3.8, 4) is 17.1 Å². The molecule has 7 heteroatoms. The molecule has 4 aliphatic rings. The van der Waals surface area contributed by atoms with Crippen LogP contribution in [-0.4, -0.2) is 45.8 Å². The quantitative estimate of drug-likeness (QED) is 0.692. The minimum atomic E-state index is 0. The summed E-state index contributed by atoms with van der Waals surface area (Å²) in [6.07, 6.45) is 4.91. The molecule has 4 bridgehead atoms. The van der Waals surface area contributed by atoms with Crippen LogP contribution in [0.1, 0.15) is 12.8 Å². The average molecular weight is 419 g/mol. The molecule has 5 heterocycles. The number of hydrogen-bond acceptors (Lipinski definition) is 4. The molecule has 1 N–H and O–H groups in total. The van der Waals surface area contributed by atoms with E-state index in [0.717, 1.165) is 22.7 Å². The predicted octanol–water partition coefficient (Wildman–Crippen LogP) is 4.19. The van der Waals surface area contributed by atoms with Crippen molar-refractivity contribution < 1.29 is 4.74 Å². The maximum absolute atomic E-state index is 6.33. The average Bonchev–Trinajstić information content (AvgIpc) is 3.12. The zero-order valence-corrected chi connectivity index (χ0v) is 17.1. The molecule has 2 unspecified atom stereocenters. The topological polar surface area (TPSA) is 54.0 Å². The fourth-order valence-electron chi connectivity index (χ4n) is 5.44. The molecule has 3 aliphatic heterocycles. The number of halogens is 2. The van der Waals surface area contributed by atoms with E-state index in [1.54, 1.807) is 0 Å². The maximum atomic E-state index is 6.33. The van der Waals surface area contributed by atoms with Gasteiger partial charge in [0.25, 0.3) is 0 Å². The molecule has 7 rings (SSSR count). The number of aromatic nitrogens is 3. The van der Waals surface area contributed by atoms with Gasteiger partial charge in [0.2, 0.25) is 5.88 Å². The Balaban J connectivity index is 0.000000961. The molecular weight excluding hydrogens is 395 g/mol. The third kappa shape index (κ3) is 3.25. The second kappa shape index (κ2) is 7.54. The highest BCUT2D eigenvalue weighted by Crippen LogP contribution is 2.44. The third-order valence-corrected chi connectivity index (χ3v) is 6.45. The van der Waals surface area contributed by atoms with Gasteiger partial charge in [0.15, 0.2) is 0 Å². The van der Waals surface area contributed by atoms with Gasteiger partial charge in [0.1, 0.15) is 6.10 Å². The lowest BCUT2D eigenvalue weighted by molar-refractivity contribution is -0.0999. The van der Waals surface area contributed by atoms with Gasteiger partial charge in [-0.15, -0.1) is 35.0 Å². The first-order valence-electron chi connectivity index (χ1n) is 9.62. The normalized spacial score (nSPS) is 29.9. The summed E-state index contributed by atoms with van der Waals surface area (Å²) in [4.78, 5) is 5.84. The van der Waals surface area contributed by atoms with Gasteiger partial charge in [-0.2, -0.15) is 0 Å². The van der Waals surface area contributed by atoms with Crippen molar-refractivity contribution in [3.05, 3.63) is 42.6 Å². The molecule has 5 nitrogen and oxygen atoms in total. The van der Waals surface area contributed by atoms with Crippen molar-refractivity contribution in [2.45, 2.75) is 18.9 Å². The van der Waals surface area contributed by atoms with E-state index in [0.29, 0.717) is 23.8 Å². The Kier molecular flexibility index (Phi) is 5.25. The first-order valence-corrected chi connectivity index (χ1v) is 9.62. The molecule has 0 radical (unpaired) electrons. The van der Waals surface area contributed by atoms with Crippen LogP contribution in [0.3, 0.4) is 0 Å². The van der Waals surface area contributed by atoms with Crippen LogP contribution in [0.15, 0.2) is 42.6 Å². The molecular formula is C21H24Cl2N4O. The van der Waals surface area contributed by atoms with Gasteiger partial charge >= 0.3 is 0 Å². The minimum absolute atomic E-state index is 0. The molecule has 4 fully saturated rings. The summed E-state index contributed by atoms with van der Waals surface area (Å²) in [6.45, 7) is 3.69. The lowest BCUT2D eigenvalue weighted by atomic mass is 9.66. The lowest BCUT2D eigenvalue weighted by Gasteiger charge is -2.55. The molecule has 3 aromatic rings. The SMILES string of the molecule is Cl.Cl.c1cc2cc(-c3ccc(OC4C5CC6CC4CN(C6)C5)nn3)ccc2[nH]1. The molecule has 1 aromatic carbocycles. The van der Waals surface area contributed by atoms with E-state index in [9.17, 15) is 0 Å². The number of H-pyrrole nitrogens is 1. The second-order valence-electron chi connectivity index (χ2n) is 8.20. The first kappa shape index (κ1) is 19.5. The maximum Gasteiger partial charge on any atom is 0.233 e. The van der Waals surface area contributed by atoms with Crippen molar-refractivity contribution in [1.29, 1.82) is 0 Å². The summed E-state index contributed by atoms with van der Waals surface area (Å²) in [6, 6.07) is 12.4. The molecule has 0 amide bonds. The highest BCUT2D eigenvalue weighted by molar-refractivity contribution is 5.86. The van der Waals surface area contributed by atoms with E-state index in [1.807, 2.05) is 18.3 Å². The van der Waals surface area contributed by atoms with E-state index < -0.39 is 0 Å². The van der Waals surface area contributed by atoms with Crippen LogP contribution in [0.25, 0.3) is 22.2 Å². The van der Waals surface area contributed by atoms with Crippen molar-refractivity contribution in [1.82, 2.24) is 20.1 Å². The molecule has 28 heavy (non-hydrogen) atoms.